The zero-order valence-corrected chi connectivity index (χ0v) is 9.22. The fourth-order valence-electron chi connectivity index (χ4n) is 1.42. The summed E-state index contributed by atoms with van der Waals surface area (Å²) in [6.45, 7) is 0. The zero-order valence-electron chi connectivity index (χ0n) is 9.22. The molecule has 0 aliphatic heterocycles. The van der Waals surface area contributed by atoms with Crippen LogP contribution in [0.1, 0.15) is 10.4 Å². The van der Waals surface area contributed by atoms with Crippen LogP contribution in [0.15, 0.2) is 36.7 Å². The van der Waals surface area contributed by atoms with E-state index in [1.165, 1.54) is 24.4 Å². The number of benzene rings is 1. The third kappa shape index (κ3) is 2.37. The summed E-state index contributed by atoms with van der Waals surface area (Å²) >= 11 is 0. The van der Waals surface area contributed by atoms with Crippen molar-refractivity contribution in [2.24, 2.45) is 0 Å². The zero-order chi connectivity index (χ0) is 13.1. The number of carbonyl (C=O) groups is 1. The molecule has 2 rings (SSSR count). The van der Waals surface area contributed by atoms with Gasteiger partial charge < -0.3 is 16.2 Å². The minimum Gasteiger partial charge on any atom is -0.505 e. The summed E-state index contributed by atoms with van der Waals surface area (Å²) in [5.74, 6) is -1.46. The number of phenolic OH excluding ortho intramolecular Hbond substituents is 1. The number of hydrogen-bond donors (Lipinski definition) is 3. The molecule has 5 nitrogen and oxygen atoms in total. The predicted octanol–water partition coefficient (Wildman–Crippen LogP) is 1.76. The van der Waals surface area contributed by atoms with E-state index in [1.54, 1.807) is 0 Å². The van der Waals surface area contributed by atoms with Crippen molar-refractivity contribution in [1.29, 1.82) is 0 Å². The minimum atomic E-state index is -0.591. The first kappa shape index (κ1) is 11.8. The highest BCUT2D eigenvalue weighted by Gasteiger charge is 2.13. The first-order chi connectivity index (χ1) is 8.58. The van der Waals surface area contributed by atoms with Gasteiger partial charge in [-0.1, -0.05) is 6.07 Å². The first-order valence-corrected chi connectivity index (χ1v) is 5.07. The second-order valence-electron chi connectivity index (χ2n) is 3.59. The van der Waals surface area contributed by atoms with E-state index in [2.05, 4.69) is 10.3 Å². The molecule has 0 radical (unpaired) electrons. The van der Waals surface area contributed by atoms with E-state index in [0.717, 1.165) is 12.3 Å². The van der Waals surface area contributed by atoms with E-state index >= 15 is 0 Å². The Hall–Kier alpha value is -2.63. The topological polar surface area (TPSA) is 88.2 Å². The molecule has 4 N–H and O–H groups in total. The number of nitrogens with zero attached hydrogens (tertiary/aromatic N) is 1. The number of carbonyl (C=O) groups excluding carboxylic acids is 1. The first-order valence-electron chi connectivity index (χ1n) is 5.07. The molecule has 0 atom stereocenters. The van der Waals surface area contributed by atoms with Gasteiger partial charge in [0.15, 0.2) is 5.75 Å². The quantitative estimate of drug-likeness (QED) is 0.557. The van der Waals surface area contributed by atoms with Gasteiger partial charge in [-0.2, -0.15) is 0 Å². The predicted molar refractivity (Wildman–Crippen MR) is 64.7 cm³/mol. The summed E-state index contributed by atoms with van der Waals surface area (Å²) in [6, 6.07) is 5.53. The Kier molecular flexibility index (Phi) is 3.09. The lowest BCUT2D eigenvalue weighted by Gasteiger charge is -2.07. The van der Waals surface area contributed by atoms with Gasteiger partial charge in [0.2, 0.25) is 0 Å². The molecule has 92 valence electrons. The molecule has 18 heavy (non-hydrogen) atoms. The van der Waals surface area contributed by atoms with E-state index in [1.807, 2.05) is 0 Å². The third-order valence-corrected chi connectivity index (χ3v) is 2.27. The Morgan fingerprint density at radius 3 is 2.89 bits per heavy atom. The van der Waals surface area contributed by atoms with Crippen LogP contribution in [-0.2, 0) is 0 Å². The average molecular weight is 247 g/mol. The monoisotopic (exact) mass is 247 g/mol. The van der Waals surface area contributed by atoms with E-state index in [9.17, 15) is 14.3 Å². The van der Waals surface area contributed by atoms with Crippen LogP contribution < -0.4 is 11.1 Å². The highest BCUT2D eigenvalue weighted by molar-refractivity contribution is 6.07. The van der Waals surface area contributed by atoms with Gasteiger partial charge in [0.25, 0.3) is 5.91 Å². The second kappa shape index (κ2) is 4.70. The van der Waals surface area contributed by atoms with Crippen molar-refractivity contribution in [2.75, 3.05) is 11.1 Å². The third-order valence-electron chi connectivity index (χ3n) is 2.27. The highest BCUT2D eigenvalue weighted by Crippen LogP contribution is 2.25. The van der Waals surface area contributed by atoms with Crippen LogP contribution in [0.4, 0.5) is 15.8 Å². The SMILES string of the molecule is Nc1cccc(C(=O)Nc2cncc(F)c2)c1O. The second-order valence-corrected chi connectivity index (χ2v) is 3.59. The lowest BCUT2D eigenvalue weighted by Crippen LogP contribution is -2.12. The van der Waals surface area contributed by atoms with Crippen molar-refractivity contribution in [3.05, 3.63) is 48.0 Å². The van der Waals surface area contributed by atoms with Crippen LogP contribution in [0.25, 0.3) is 0 Å². The maximum atomic E-state index is 12.9. The number of aromatic hydroxyl groups is 1. The van der Waals surface area contributed by atoms with E-state index in [4.69, 9.17) is 5.73 Å². The molecule has 1 heterocycles. The number of nitrogens with two attached hydrogens (primary N) is 1. The molecule has 6 heteroatoms. The van der Waals surface area contributed by atoms with E-state index in [0.29, 0.717) is 0 Å². The molecule has 0 spiro atoms. The van der Waals surface area contributed by atoms with Gasteiger partial charge >= 0.3 is 0 Å². The van der Waals surface area contributed by atoms with Gasteiger partial charge in [-0.05, 0) is 12.1 Å². The Morgan fingerprint density at radius 1 is 1.39 bits per heavy atom. The van der Waals surface area contributed by atoms with Crippen molar-refractivity contribution in [2.45, 2.75) is 0 Å². The summed E-state index contributed by atoms with van der Waals surface area (Å²) in [7, 11) is 0. The smallest absolute Gasteiger partial charge is 0.259 e. The summed E-state index contributed by atoms with van der Waals surface area (Å²) in [6.07, 6.45) is 2.32. The number of hydrogen-bond acceptors (Lipinski definition) is 4. The summed E-state index contributed by atoms with van der Waals surface area (Å²) < 4.78 is 12.9. The molecule has 2 aromatic rings. The Balaban J connectivity index is 2.25. The van der Waals surface area contributed by atoms with Gasteiger partial charge in [0, 0.05) is 6.07 Å². The van der Waals surface area contributed by atoms with Crippen LogP contribution in [0.5, 0.6) is 5.75 Å². The maximum Gasteiger partial charge on any atom is 0.259 e. The summed E-state index contributed by atoms with van der Waals surface area (Å²) in [5, 5.41) is 12.0. The van der Waals surface area contributed by atoms with Gasteiger partial charge in [-0.15, -0.1) is 0 Å². The van der Waals surface area contributed by atoms with Crippen LogP contribution in [0.2, 0.25) is 0 Å². The van der Waals surface area contributed by atoms with Crippen LogP contribution >= 0.6 is 0 Å². The molecule has 1 amide bonds. The van der Waals surface area contributed by atoms with Crippen molar-refractivity contribution in [3.63, 3.8) is 0 Å². The number of para-hydroxylation sites is 1. The normalized spacial score (nSPS) is 10.1. The number of phenols is 1. The number of aromatic nitrogens is 1. The molecule has 1 aromatic carbocycles. The summed E-state index contributed by atoms with van der Waals surface area (Å²) in [5.41, 5.74) is 5.78. The van der Waals surface area contributed by atoms with E-state index < -0.39 is 11.7 Å². The molecule has 0 fully saturated rings. The fraction of sp³-hybridized carbons (Fsp3) is 0. The van der Waals surface area contributed by atoms with Crippen molar-refractivity contribution in [1.82, 2.24) is 4.98 Å². The molecular formula is C12H10FN3O2. The lowest BCUT2D eigenvalue weighted by atomic mass is 10.1. The molecule has 0 saturated carbocycles. The number of halogens is 1. The fourth-order valence-corrected chi connectivity index (χ4v) is 1.42. The Morgan fingerprint density at radius 2 is 2.17 bits per heavy atom. The average Bonchev–Trinajstić information content (AvgIpc) is 2.32. The number of amides is 1. The van der Waals surface area contributed by atoms with Crippen LogP contribution in [-0.4, -0.2) is 16.0 Å². The van der Waals surface area contributed by atoms with Crippen molar-refractivity contribution >= 4 is 17.3 Å². The van der Waals surface area contributed by atoms with Gasteiger partial charge in [-0.25, -0.2) is 4.39 Å². The minimum absolute atomic E-state index is 0.0132. The van der Waals surface area contributed by atoms with Gasteiger partial charge in [-0.3, -0.25) is 9.78 Å². The number of pyridine rings is 1. The molecule has 0 aliphatic carbocycles. The number of anilines is 2. The molecular weight excluding hydrogens is 237 g/mol. The largest absolute Gasteiger partial charge is 0.505 e. The number of rotatable bonds is 2. The lowest BCUT2D eigenvalue weighted by molar-refractivity contribution is 0.102. The molecule has 0 bridgehead atoms. The van der Waals surface area contributed by atoms with Crippen molar-refractivity contribution in [3.8, 4) is 5.75 Å². The summed E-state index contributed by atoms with van der Waals surface area (Å²) in [4.78, 5) is 15.4. The van der Waals surface area contributed by atoms with Crippen LogP contribution in [0.3, 0.4) is 0 Å². The van der Waals surface area contributed by atoms with Gasteiger partial charge in [0.1, 0.15) is 5.82 Å². The number of nitrogens with one attached hydrogen (secondary N) is 1. The van der Waals surface area contributed by atoms with E-state index in [-0.39, 0.29) is 22.7 Å². The molecule has 0 aliphatic rings. The molecule has 0 saturated heterocycles. The van der Waals surface area contributed by atoms with Gasteiger partial charge in [0.05, 0.1) is 29.3 Å². The highest BCUT2D eigenvalue weighted by atomic mass is 19.1. The van der Waals surface area contributed by atoms with Crippen LogP contribution in [0, 0.1) is 5.82 Å². The molecule has 1 aromatic heterocycles. The number of nitrogen functional groups attached to an aromatic ring is 1. The molecule has 0 unspecified atom stereocenters. The Bertz CT molecular complexity index is 602. The maximum absolute atomic E-state index is 12.9. The Labute approximate surface area is 102 Å². The standard InChI is InChI=1S/C12H10FN3O2/c13-7-4-8(6-15-5-7)16-12(18)9-2-1-3-10(14)11(9)17/h1-6,17H,14H2,(H,16,18). The van der Waals surface area contributed by atoms with Crippen molar-refractivity contribution < 1.29 is 14.3 Å².